The van der Waals surface area contributed by atoms with Crippen LogP contribution in [0, 0.1) is 0 Å². The fourth-order valence-electron chi connectivity index (χ4n) is 2.25. The van der Waals surface area contributed by atoms with Crippen molar-refractivity contribution in [3.05, 3.63) is 12.7 Å². The minimum atomic E-state index is -0.101. The molecule has 18 heavy (non-hydrogen) atoms. The summed E-state index contributed by atoms with van der Waals surface area (Å²) in [6.45, 7) is 0.602. The average Bonchev–Trinajstić information content (AvgIpc) is 3.03. The molecule has 1 unspecified atom stereocenters. The van der Waals surface area contributed by atoms with Crippen LogP contribution in [0.5, 0.6) is 5.88 Å². The van der Waals surface area contributed by atoms with Crippen molar-refractivity contribution in [2.45, 2.75) is 18.6 Å². The minimum Gasteiger partial charge on any atom is -0.479 e. The number of rotatable bonds is 3. The van der Waals surface area contributed by atoms with Gasteiger partial charge in [0.1, 0.15) is 6.33 Å². The van der Waals surface area contributed by atoms with E-state index in [1.807, 2.05) is 4.57 Å². The van der Waals surface area contributed by atoms with Gasteiger partial charge in [0, 0.05) is 0 Å². The molecule has 1 N–H and O–H groups in total. The molecular weight excluding hydrogens is 236 g/mol. The van der Waals surface area contributed by atoms with Crippen LogP contribution in [0.1, 0.15) is 12.5 Å². The Bertz CT molecular complexity index is 556. The van der Waals surface area contributed by atoms with Crippen LogP contribution in [0.4, 0.5) is 0 Å². The Morgan fingerprint density at radius 1 is 1.50 bits per heavy atom. The van der Waals surface area contributed by atoms with Crippen LogP contribution in [-0.4, -0.2) is 51.1 Å². The molecule has 0 radical (unpaired) electrons. The second-order valence-electron chi connectivity index (χ2n) is 4.23. The molecule has 0 aliphatic carbocycles. The summed E-state index contributed by atoms with van der Waals surface area (Å²) in [5, 5.41) is 9.08. The van der Waals surface area contributed by atoms with Crippen LogP contribution in [0.25, 0.3) is 11.2 Å². The maximum atomic E-state index is 9.08. The third-order valence-electron chi connectivity index (χ3n) is 3.17. The lowest BCUT2D eigenvalue weighted by Gasteiger charge is -2.10. The standard InChI is InChI=1S/C11H14N4O3/c1-17-11-9-10(12-5-13-11)15(6-14-9)7-2-8(3-16)18-4-7/h5-8,16H,2-4H2,1H3/t7?,8-/m1/s1. The van der Waals surface area contributed by atoms with Gasteiger partial charge in [-0.2, -0.15) is 4.98 Å². The predicted octanol–water partition coefficient (Wildman–Crippen LogP) is 0.157. The zero-order valence-corrected chi connectivity index (χ0v) is 9.98. The first-order valence-electron chi connectivity index (χ1n) is 5.77. The van der Waals surface area contributed by atoms with Crippen LogP contribution in [0.2, 0.25) is 0 Å². The van der Waals surface area contributed by atoms with Crippen molar-refractivity contribution < 1.29 is 14.6 Å². The third-order valence-corrected chi connectivity index (χ3v) is 3.17. The van der Waals surface area contributed by atoms with E-state index in [2.05, 4.69) is 15.0 Å². The number of nitrogens with zero attached hydrogens (tertiary/aromatic N) is 4. The number of aromatic nitrogens is 4. The number of fused-ring (bicyclic) bond motifs is 1. The van der Waals surface area contributed by atoms with E-state index in [9.17, 15) is 0 Å². The van der Waals surface area contributed by atoms with E-state index in [4.69, 9.17) is 14.6 Å². The smallest absolute Gasteiger partial charge is 0.245 e. The Hall–Kier alpha value is -1.73. The second kappa shape index (κ2) is 4.51. The first-order chi connectivity index (χ1) is 8.83. The van der Waals surface area contributed by atoms with E-state index in [1.54, 1.807) is 13.4 Å². The number of methoxy groups -OCH3 is 1. The summed E-state index contributed by atoms with van der Waals surface area (Å²) in [5.41, 5.74) is 1.38. The summed E-state index contributed by atoms with van der Waals surface area (Å²) >= 11 is 0. The quantitative estimate of drug-likeness (QED) is 0.835. The summed E-state index contributed by atoms with van der Waals surface area (Å²) in [6.07, 6.45) is 3.83. The fourth-order valence-corrected chi connectivity index (χ4v) is 2.25. The molecule has 2 aromatic rings. The van der Waals surface area contributed by atoms with Crippen molar-refractivity contribution in [3.63, 3.8) is 0 Å². The van der Waals surface area contributed by atoms with E-state index in [1.165, 1.54) is 6.33 Å². The van der Waals surface area contributed by atoms with Crippen molar-refractivity contribution in [3.8, 4) is 5.88 Å². The second-order valence-corrected chi connectivity index (χ2v) is 4.23. The highest BCUT2D eigenvalue weighted by Crippen LogP contribution is 2.28. The van der Waals surface area contributed by atoms with Gasteiger partial charge in [0.25, 0.3) is 0 Å². The first-order valence-corrected chi connectivity index (χ1v) is 5.77. The molecule has 0 bridgehead atoms. The summed E-state index contributed by atoms with van der Waals surface area (Å²) < 4.78 is 12.6. The lowest BCUT2D eigenvalue weighted by molar-refractivity contribution is 0.0576. The molecule has 0 aromatic carbocycles. The predicted molar refractivity (Wildman–Crippen MR) is 62.4 cm³/mol. The van der Waals surface area contributed by atoms with Crippen molar-refractivity contribution >= 4 is 11.2 Å². The third kappa shape index (κ3) is 1.72. The Morgan fingerprint density at radius 2 is 2.39 bits per heavy atom. The molecule has 1 aliphatic rings. The summed E-state index contributed by atoms with van der Waals surface area (Å²) in [6, 6.07) is 0.145. The molecule has 1 saturated heterocycles. The molecule has 0 spiro atoms. The maximum Gasteiger partial charge on any atom is 0.245 e. The number of hydrogen-bond donors (Lipinski definition) is 1. The Labute approximate surface area is 103 Å². The van der Waals surface area contributed by atoms with Gasteiger partial charge in [-0.1, -0.05) is 0 Å². The maximum absolute atomic E-state index is 9.08. The molecule has 7 nitrogen and oxygen atoms in total. The van der Waals surface area contributed by atoms with E-state index >= 15 is 0 Å². The van der Waals surface area contributed by atoms with Crippen LogP contribution >= 0.6 is 0 Å². The number of imidazole rings is 1. The number of aliphatic hydroxyl groups excluding tert-OH is 1. The van der Waals surface area contributed by atoms with Gasteiger partial charge in [0.05, 0.1) is 38.8 Å². The molecular formula is C11H14N4O3. The van der Waals surface area contributed by atoms with Gasteiger partial charge in [-0.3, -0.25) is 0 Å². The Balaban J connectivity index is 1.98. The van der Waals surface area contributed by atoms with Crippen LogP contribution in [0.3, 0.4) is 0 Å². The number of hydrogen-bond acceptors (Lipinski definition) is 6. The van der Waals surface area contributed by atoms with Gasteiger partial charge in [0.2, 0.25) is 5.88 Å². The first kappa shape index (κ1) is 11.4. The Kier molecular flexibility index (Phi) is 2.85. The molecule has 3 heterocycles. The normalized spacial score (nSPS) is 23.7. The van der Waals surface area contributed by atoms with E-state index in [0.717, 1.165) is 12.1 Å². The molecule has 2 aromatic heterocycles. The molecule has 2 atom stereocenters. The zero-order chi connectivity index (χ0) is 12.5. The highest BCUT2D eigenvalue weighted by Gasteiger charge is 2.28. The molecule has 0 amide bonds. The van der Waals surface area contributed by atoms with Gasteiger partial charge in [-0.15, -0.1) is 0 Å². The van der Waals surface area contributed by atoms with E-state index < -0.39 is 0 Å². The average molecular weight is 250 g/mol. The van der Waals surface area contributed by atoms with Gasteiger partial charge < -0.3 is 19.1 Å². The summed E-state index contributed by atoms with van der Waals surface area (Å²) in [5.74, 6) is 0.469. The van der Waals surface area contributed by atoms with E-state index in [0.29, 0.717) is 18.0 Å². The van der Waals surface area contributed by atoms with Gasteiger partial charge in [0.15, 0.2) is 11.2 Å². The lowest BCUT2D eigenvalue weighted by atomic mass is 10.2. The van der Waals surface area contributed by atoms with Crippen LogP contribution < -0.4 is 4.74 Å². The van der Waals surface area contributed by atoms with Gasteiger partial charge in [-0.05, 0) is 6.42 Å². The zero-order valence-electron chi connectivity index (χ0n) is 9.98. The molecule has 1 fully saturated rings. The number of aliphatic hydroxyl groups is 1. The summed E-state index contributed by atoms with van der Waals surface area (Å²) in [7, 11) is 1.56. The highest BCUT2D eigenvalue weighted by molar-refractivity contribution is 5.76. The Morgan fingerprint density at radius 3 is 3.11 bits per heavy atom. The monoisotopic (exact) mass is 250 g/mol. The van der Waals surface area contributed by atoms with Crippen LogP contribution in [0.15, 0.2) is 12.7 Å². The molecule has 3 rings (SSSR count). The number of ether oxygens (including phenoxy) is 2. The summed E-state index contributed by atoms with van der Waals surface area (Å²) in [4.78, 5) is 12.5. The molecule has 7 heteroatoms. The fraction of sp³-hybridized carbons (Fsp3) is 0.545. The molecule has 0 saturated carbocycles. The van der Waals surface area contributed by atoms with Crippen LogP contribution in [-0.2, 0) is 4.74 Å². The lowest BCUT2D eigenvalue weighted by Crippen LogP contribution is -2.11. The highest BCUT2D eigenvalue weighted by atomic mass is 16.5. The van der Waals surface area contributed by atoms with Crippen molar-refractivity contribution in [1.82, 2.24) is 19.5 Å². The van der Waals surface area contributed by atoms with E-state index in [-0.39, 0.29) is 18.8 Å². The largest absolute Gasteiger partial charge is 0.479 e. The molecule has 1 aliphatic heterocycles. The molecule has 96 valence electrons. The van der Waals surface area contributed by atoms with Crippen molar-refractivity contribution in [1.29, 1.82) is 0 Å². The topological polar surface area (TPSA) is 82.3 Å². The van der Waals surface area contributed by atoms with Crippen molar-refractivity contribution in [2.24, 2.45) is 0 Å². The van der Waals surface area contributed by atoms with Gasteiger partial charge >= 0.3 is 0 Å². The van der Waals surface area contributed by atoms with Gasteiger partial charge in [-0.25, -0.2) is 9.97 Å². The van der Waals surface area contributed by atoms with Crippen molar-refractivity contribution in [2.75, 3.05) is 20.3 Å². The minimum absolute atomic E-state index is 0.0431. The SMILES string of the molecule is COc1ncnc2c1ncn2C1CO[C@@H](CO)C1.